The number of nitro benzene ring substituents is 1. The van der Waals surface area contributed by atoms with Crippen LogP contribution in [0.4, 0.5) is 18.9 Å². The maximum Gasteiger partial charge on any atom is 0.280 e. The minimum absolute atomic E-state index is 0.251. The number of halogens is 3. The summed E-state index contributed by atoms with van der Waals surface area (Å²) in [7, 11) is 0. The van der Waals surface area contributed by atoms with E-state index in [1.165, 1.54) is 12.1 Å². The highest BCUT2D eigenvalue weighted by Crippen LogP contribution is 2.22. The maximum atomic E-state index is 13.5. The first-order valence-electron chi connectivity index (χ1n) is 5.80. The molecule has 0 fully saturated rings. The molecule has 0 aromatic heterocycles. The molecule has 0 unspecified atom stereocenters. The van der Waals surface area contributed by atoms with E-state index in [4.69, 9.17) is 0 Å². The summed E-state index contributed by atoms with van der Waals surface area (Å²) >= 11 is 0. The summed E-state index contributed by atoms with van der Waals surface area (Å²) in [5.74, 6) is -4.03. The van der Waals surface area contributed by atoms with E-state index in [0.717, 1.165) is 18.2 Å². The molecular formula is C14H8F3NO3. The number of carbonyl (C=O) groups is 1. The number of ketones is 1. The third-order valence-electron chi connectivity index (χ3n) is 2.84. The van der Waals surface area contributed by atoms with E-state index in [9.17, 15) is 28.1 Å². The molecule has 2 aromatic carbocycles. The van der Waals surface area contributed by atoms with Gasteiger partial charge in [0, 0.05) is 12.5 Å². The normalized spacial score (nSPS) is 10.4. The van der Waals surface area contributed by atoms with Gasteiger partial charge < -0.3 is 0 Å². The lowest BCUT2D eigenvalue weighted by Gasteiger charge is -2.05. The molecule has 4 nitrogen and oxygen atoms in total. The van der Waals surface area contributed by atoms with Crippen LogP contribution in [0, 0.1) is 27.6 Å². The van der Waals surface area contributed by atoms with E-state index >= 15 is 0 Å². The van der Waals surface area contributed by atoms with Crippen LogP contribution in [0.25, 0.3) is 0 Å². The van der Waals surface area contributed by atoms with Gasteiger partial charge in [0.05, 0.1) is 10.5 Å². The van der Waals surface area contributed by atoms with Crippen molar-refractivity contribution in [3.05, 3.63) is 75.1 Å². The van der Waals surface area contributed by atoms with Crippen LogP contribution < -0.4 is 0 Å². The lowest BCUT2D eigenvalue weighted by molar-refractivity contribution is -0.385. The zero-order valence-electron chi connectivity index (χ0n) is 10.5. The van der Waals surface area contributed by atoms with E-state index in [-0.39, 0.29) is 5.56 Å². The molecule has 108 valence electrons. The van der Waals surface area contributed by atoms with E-state index in [2.05, 4.69) is 0 Å². The van der Waals surface area contributed by atoms with Gasteiger partial charge in [-0.15, -0.1) is 0 Å². The van der Waals surface area contributed by atoms with E-state index in [1.807, 2.05) is 0 Å². The summed E-state index contributed by atoms with van der Waals surface area (Å²) in [5, 5.41) is 10.8. The lowest BCUT2D eigenvalue weighted by atomic mass is 10.0. The lowest BCUT2D eigenvalue weighted by Crippen LogP contribution is -2.09. The number of rotatable bonds is 4. The fourth-order valence-electron chi connectivity index (χ4n) is 1.84. The highest BCUT2D eigenvalue weighted by Gasteiger charge is 2.22. The van der Waals surface area contributed by atoms with Crippen molar-refractivity contribution in [2.24, 2.45) is 0 Å². The summed E-state index contributed by atoms with van der Waals surface area (Å²) in [6, 6.07) is 5.68. The topological polar surface area (TPSA) is 60.2 Å². The van der Waals surface area contributed by atoms with Gasteiger partial charge in [-0.3, -0.25) is 14.9 Å². The molecule has 0 radical (unpaired) electrons. The van der Waals surface area contributed by atoms with Crippen LogP contribution in [0.15, 0.2) is 36.4 Å². The fraction of sp³-hybridized carbons (Fsp3) is 0.0714. The fourth-order valence-corrected chi connectivity index (χ4v) is 1.84. The third-order valence-corrected chi connectivity index (χ3v) is 2.84. The number of hydrogen-bond acceptors (Lipinski definition) is 3. The average molecular weight is 295 g/mol. The highest BCUT2D eigenvalue weighted by molar-refractivity contribution is 6.01. The van der Waals surface area contributed by atoms with Crippen LogP contribution >= 0.6 is 0 Å². The second kappa shape index (κ2) is 5.74. The van der Waals surface area contributed by atoms with Gasteiger partial charge >= 0.3 is 0 Å². The molecule has 0 saturated carbocycles. The molecule has 2 aromatic rings. The van der Waals surface area contributed by atoms with E-state index in [1.54, 1.807) is 0 Å². The van der Waals surface area contributed by atoms with E-state index in [0.29, 0.717) is 6.07 Å². The molecule has 0 aliphatic heterocycles. The van der Waals surface area contributed by atoms with Crippen molar-refractivity contribution in [2.45, 2.75) is 6.42 Å². The number of nitro groups is 1. The Morgan fingerprint density at radius 3 is 2.52 bits per heavy atom. The molecule has 7 heteroatoms. The monoisotopic (exact) mass is 295 g/mol. The number of Topliss-reactive ketones (excluding diaryl/α,β-unsaturated/α-hetero) is 1. The molecule has 0 N–H and O–H groups in total. The molecule has 0 saturated heterocycles. The Kier molecular flexibility index (Phi) is 4.02. The van der Waals surface area contributed by atoms with Crippen LogP contribution in [-0.2, 0) is 6.42 Å². The molecule has 0 aliphatic rings. The summed E-state index contributed by atoms with van der Waals surface area (Å²) in [5.41, 5.74) is -1.32. The molecule has 0 bridgehead atoms. The first kappa shape index (κ1) is 14.7. The van der Waals surface area contributed by atoms with Gasteiger partial charge in [0.2, 0.25) is 0 Å². The van der Waals surface area contributed by atoms with Gasteiger partial charge in [0.15, 0.2) is 17.4 Å². The summed E-state index contributed by atoms with van der Waals surface area (Å²) < 4.78 is 39.7. The van der Waals surface area contributed by atoms with Gasteiger partial charge in [0.1, 0.15) is 5.82 Å². The highest BCUT2D eigenvalue weighted by atomic mass is 19.2. The van der Waals surface area contributed by atoms with E-state index < -0.39 is 45.8 Å². The average Bonchev–Trinajstić information content (AvgIpc) is 2.43. The van der Waals surface area contributed by atoms with Crippen LogP contribution in [0.3, 0.4) is 0 Å². The minimum atomic E-state index is -1.20. The number of hydrogen-bond donors (Lipinski definition) is 0. The second-order valence-corrected chi connectivity index (χ2v) is 4.23. The van der Waals surface area contributed by atoms with Crippen LogP contribution in [0.5, 0.6) is 0 Å². The molecular weight excluding hydrogens is 287 g/mol. The molecule has 0 atom stereocenters. The Balaban J connectivity index is 2.39. The zero-order chi connectivity index (χ0) is 15.6. The van der Waals surface area contributed by atoms with Crippen molar-refractivity contribution in [1.82, 2.24) is 0 Å². The SMILES string of the molecule is O=C(Cc1cccc(F)c1F)c1cc(F)ccc1[N+](=O)[O-]. The Morgan fingerprint density at radius 2 is 1.86 bits per heavy atom. The first-order valence-corrected chi connectivity index (χ1v) is 5.80. The van der Waals surface area contributed by atoms with Crippen molar-refractivity contribution in [3.63, 3.8) is 0 Å². The third kappa shape index (κ3) is 3.07. The Morgan fingerprint density at radius 1 is 1.14 bits per heavy atom. The van der Waals surface area contributed by atoms with Crippen LogP contribution in [0.2, 0.25) is 0 Å². The first-order chi connectivity index (χ1) is 9.90. The van der Waals surface area contributed by atoms with Crippen LogP contribution in [0.1, 0.15) is 15.9 Å². The van der Waals surface area contributed by atoms with Crippen LogP contribution in [-0.4, -0.2) is 10.7 Å². The van der Waals surface area contributed by atoms with Crippen molar-refractivity contribution in [3.8, 4) is 0 Å². The summed E-state index contributed by atoms with van der Waals surface area (Å²) in [6.07, 6.45) is -0.603. The minimum Gasteiger partial charge on any atom is -0.294 e. The quantitative estimate of drug-likeness (QED) is 0.493. The molecule has 0 heterocycles. The molecule has 21 heavy (non-hydrogen) atoms. The Hall–Kier alpha value is -2.70. The standard InChI is InChI=1S/C14H8F3NO3/c15-9-4-5-12(18(20)21)10(7-9)13(19)6-8-2-1-3-11(16)14(8)17/h1-5,7H,6H2. The Labute approximate surface area is 117 Å². The van der Waals surface area contributed by atoms with Crippen molar-refractivity contribution >= 4 is 11.5 Å². The van der Waals surface area contributed by atoms with Gasteiger partial charge in [-0.1, -0.05) is 12.1 Å². The van der Waals surface area contributed by atoms with Gasteiger partial charge in [-0.05, 0) is 23.8 Å². The second-order valence-electron chi connectivity index (χ2n) is 4.23. The number of carbonyl (C=O) groups excluding carboxylic acids is 1. The smallest absolute Gasteiger partial charge is 0.280 e. The summed E-state index contributed by atoms with van der Waals surface area (Å²) in [6.45, 7) is 0. The van der Waals surface area contributed by atoms with Gasteiger partial charge in [-0.2, -0.15) is 0 Å². The van der Waals surface area contributed by atoms with Gasteiger partial charge in [0.25, 0.3) is 5.69 Å². The zero-order valence-corrected chi connectivity index (χ0v) is 10.5. The maximum absolute atomic E-state index is 13.5. The molecule has 0 amide bonds. The Bertz CT molecular complexity index is 731. The van der Waals surface area contributed by atoms with Crippen molar-refractivity contribution < 1.29 is 22.9 Å². The van der Waals surface area contributed by atoms with Gasteiger partial charge in [-0.25, -0.2) is 13.2 Å². The largest absolute Gasteiger partial charge is 0.294 e. The number of benzene rings is 2. The summed E-state index contributed by atoms with van der Waals surface area (Å²) in [4.78, 5) is 22.0. The van der Waals surface area contributed by atoms with Crippen molar-refractivity contribution in [1.29, 1.82) is 0 Å². The predicted octanol–water partition coefficient (Wildman–Crippen LogP) is 3.44. The molecule has 2 rings (SSSR count). The number of nitrogens with zero attached hydrogens (tertiary/aromatic N) is 1. The predicted molar refractivity (Wildman–Crippen MR) is 67.4 cm³/mol. The van der Waals surface area contributed by atoms with Crippen molar-refractivity contribution in [2.75, 3.05) is 0 Å². The molecule has 0 spiro atoms. The molecule has 0 aliphatic carbocycles.